The molecule has 2 unspecified atom stereocenters. The Labute approximate surface area is 95.8 Å². The lowest BCUT2D eigenvalue weighted by molar-refractivity contribution is -0.168. The fourth-order valence-electron chi connectivity index (χ4n) is 1.66. The van der Waals surface area contributed by atoms with Gasteiger partial charge in [0.25, 0.3) is 0 Å². The third kappa shape index (κ3) is 3.57. The van der Waals surface area contributed by atoms with Gasteiger partial charge in [-0.2, -0.15) is 18.4 Å². The molecule has 0 amide bonds. The van der Waals surface area contributed by atoms with Crippen molar-refractivity contribution in [3.8, 4) is 6.07 Å². The highest BCUT2D eigenvalue weighted by molar-refractivity contribution is 5.74. The minimum Gasteiger partial charge on any atom is -0.480 e. The minimum atomic E-state index is -4.62. The van der Waals surface area contributed by atoms with E-state index in [1.807, 2.05) is 0 Å². The number of carboxylic acids is 1. The van der Waals surface area contributed by atoms with Gasteiger partial charge in [-0.25, -0.2) is 0 Å². The van der Waals surface area contributed by atoms with Gasteiger partial charge >= 0.3 is 12.1 Å². The highest BCUT2D eigenvalue weighted by Gasteiger charge is 2.43. The number of halogens is 3. The normalized spacial score (nSPS) is 24.0. The molecule has 1 rings (SSSR count). The van der Waals surface area contributed by atoms with Crippen molar-refractivity contribution in [3.63, 3.8) is 0 Å². The average molecular weight is 251 g/mol. The van der Waals surface area contributed by atoms with E-state index in [1.54, 1.807) is 0 Å². The van der Waals surface area contributed by atoms with Crippen LogP contribution in [0.5, 0.6) is 0 Å². The summed E-state index contributed by atoms with van der Waals surface area (Å²) < 4.78 is 37.2. The van der Waals surface area contributed by atoms with Crippen LogP contribution in [0, 0.1) is 17.2 Å². The Hall–Kier alpha value is -1.33. The second kappa shape index (κ2) is 5.33. The molecule has 96 valence electrons. The quantitative estimate of drug-likeness (QED) is 0.741. The van der Waals surface area contributed by atoms with Gasteiger partial charge < -0.3 is 10.4 Å². The smallest absolute Gasteiger partial charge is 0.405 e. The molecule has 0 bridgehead atoms. The minimum absolute atomic E-state index is 0.0886. The Morgan fingerprint density at radius 1 is 1.65 bits per heavy atom. The molecule has 2 N–H and O–H groups in total. The number of rotatable bonds is 3. The molecule has 1 heterocycles. The molecular weight excluding hydrogens is 239 g/mol. The molecule has 1 saturated heterocycles. The third-order valence-electron chi connectivity index (χ3n) is 2.61. The predicted molar refractivity (Wildman–Crippen MR) is 51.0 cm³/mol. The molecule has 0 aromatic carbocycles. The topological polar surface area (TPSA) is 76.4 Å². The van der Waals surface area contributed by atoms with Crippen LogP contribution in [0.4, 0.5) is 13.2 Å². The zero-order valence-corrected chi connectivity index (χ0v) is 8.87. The Kier molecular flexibility index (Phi) is 4.31. The summed E-state index contributed by atoms with van der Waals surface area (Å²) in [4.78, 5) is 12.0. The molecule has 2 atom stereocenters. The lowest BCUT2D eigenvalue weighted by Crippen LogP contribution is -2.56. The van der Waals surface area contributed by atoms with Crippen molar-refractivity contribution in [2.75, 3.05) is 26.2 Å². The highest BCUT2D eigenvalue weighted by Crippen LogP contribution is 2.27. The molecule has 1 fully saturated rings. The maximum atomic E-state index is 12.4. The van der Waals surface area contributed by atoms with Crippen molar-refractivity contribution in [2.45, 2.75) is 12.2 Å². The number of aliphatic carboxylic acids is 1. The maximum absolute atomic E-state index is 12.4. The maximum Gasteiger partial charge on any atom is 0.405 e. The number of nitrogens with zero attached hydrogens (tertiary/aromatic N) is 2. The molecule has 0 aromatic rings. The summed E-state index contributed by atoms with van der Waals surface area (Å²) in [5.74, 6) is -3.33. The first kappa shape index (κ1) is 13.7. The molecule has 0 saturated carbocycles. The monoisotopic (exact) mass is 251 g/mol. The van der Waals surface area contributed by atoms with Crippen LogP contribution in [0.15, 0.2) is 0 Å². The van der Waals surface area contributed by atoms with Crippen molar-refractivity contribution in [1.29, 1.82) is 5.26 Å². The van der Waals surface area contributed by atoms with Crippen molar-refractivity contribution < 1.29 is 23.1 Å². The SMILES string of the molecule is N#CC(CN1CCNCC1C(=O)O)C(F)(F)F. The fourth-order valence-corrected chi connectivity index (χ4v) is 1.66. The fraction of sp³-hybridized carbons (Fsp3) is 0.778. The zero-order valence-electron chi connectivity index (χ0n) is 8.87. The van der Waals surface area contributed by atoms with E-state index in [-0.39, 0.29) is 13.1 Å². The van der Waals surface area contributed by atoms with Crippen LogP contribution in [0.25, 0.3) is 0 Å². The van der Waals surface area contributed by atoms with Crippen LogP contribution < -0.4 is 5.32 Å². The lowest BCUT2D eigenvalue weighted by atomic mass is 10.1. The molecule has 0 radical (unpaired) electrons. The van der Waals surface area contributed by atoms with Gasteiger partial charge in [0, 0.05) is 26.2 Å². The van der Waals surface area contributed by atoms with E-state index in [0.29, 0.717) is 6.54 Å². The van der Waals surface area contributed by atoms with E-state index < -0.39 is 30.7 Å². The summed E-state index contributed by atoms with van der Waals surface area (Å²) in [7, 11) is 0. The van der Waals surface area contributed by atoms with Gasteiger partial charge in [-0.05, 0) is 0 Å². The molecule has 0 aromatic heterocycles. The van der Waals surface area contributed by atoms with E-state index in [1.165, 1.54) is 11.0 Å². The Morgan fingerprint density at radius 2 is 2.29 bits per heavy atom. The molecule has 1 aliphatic rings. The summed E-state index contributed by atoms with van der Waals surface area (Å²) in [6.45, 7) is 0.0923. The van der Waals surface area contributed by atoms with Gasteiger partial charge in [-0.1, -0.05) is 0 Å². The molecule has 0 spiro atoms. The number of piperazine rings is 1. The molecule has 5 nitrogen and oxygen atoms in total. The van der Waals surface area contributed by atoms with Crippen molar-refractivity contribution in [2.24, 2.45) is 5.92 Å². The van der Waals surface area contributed by atoms with E-state index in [2.05, 4.69) is 5.32 Å². The Balaban J connectivity index is 2.71. The summed E-state index contributed by atoms with van der Waals surface area (Å²) in [5, 5.41) is 20.1. The number of carboxylic acid groups (broad SMARTS) is 1. The van der Waals surface area contributed by atoms with Crippen LogP contribution in [0.3, 0.4) is 0 Å². The summed E-state index contributed by atoms with van der Waals surface area (Å²) in [5.41, 5.74) is 0. The van der Waals surface area contributed by atoms with Crippen molar-refractivity contribution in [3.05, 3.63) is 0 Å². The predicted octanol–water partition coefficient (Wildman–Crippen LogP) is 0.0469. The second-order valence-electron chi connectivity index (χ2n) is 3.78. The average Bonchev–Trinajstić information content (AvgIpc) is 2.24. The number of carbonyl (C=O) groups is 1. The molecule has 17 heavy (non-hydrogen) atoms. The zero-order chi connectivity index (χ0) is 13.1. The molecular formula is C9H12F3N3O2. The first-order chi connectivity index (χ1) is 7.86. The largest absolute Gasteiger partial charge is 0.480 e. The van der Waals surface area contributed by atoms with Gasteiger partial charge in [0.15, 0.2) is 5.92 Å². The summed E-state index contributed by atoms with van der Waals surface area (Å²) in [6.07, 6.45) is -4.62. The van der Waals surface area contributed by atoms with E-state index >= 15 is 0 Å². The number of nitriles is 1. The first-order valence-corrected chi connectivity index (χ1v) is 5.00. The molecule has 1 aliphatic heterocycles. The van der Waals surface area contributed by atoms with Crippen LogP contribution >= 0.6 is 0 Å². The van der Waals surface area contributed by atoms with Crippen LogP contribution in [0.1, 0.15) is 0 Å². The van der Waals surface area contributed by atoms with Crippen LogP contribution in [0.2, 0.25) is 0 Å². The Bertz CT molecular complexity index is 326. The summed E-state index contributed by atoms with van der Waals surface area (Å²) >= 11 is 0. The third-order valence-corrected chi connectivity index (χ3v) is 2.61. The highest BCUT2D eigenvalue weighted by atomic mass is 19.4. The Morgan fingerprint density at radius 3 is 2.76 bits per heavy atom. The number of hydrogen-bond acceptors (Lipinski definition) is 4. The number of alkyl halides is 3. The number of nitrogens with one attached hydrogen (secondary N) is 1. The van der Waals surface area contributed by atoms with Crippen LogP contribution in [-0.4, -0.2) is 54.4 Å². The standard InChI is InChI=1S/C9H12F3N3O2/c10-9(11,12)6(3-13)5-15-2-1-14-4-7(15)8(16)17/h6-7,14H,1-2,4-5H2,(H,16,17). The van der Waals surface area contributed by atoms with Crippen LogP contribution in [-0.2, 0) is 4.79 Å². The van der Waals surface area contributed by atoms with Gasteiger partial charge in [0.05, 0.1) is 6.07 Å². The van der Waals surface area contributed by atoms with Crippen molar-refractivity contribution >= 4 is 5.97 Å². The van der Waals surface area contributed by atoms with Gasteiger partial charge in [-0.15, -0.1) is 0 Å². The van der Waals surface area contributed by atoms with E-state index in [9.17, 15) is 18.0 Å². The summed E-state index contributed by atoms with van der Waals surface area (Å²) in [6, 6.07) is 0.157. The lowest BCUT2D eigenvalue weighted by Gasteiger charge is -2.34. The van der Waals surface area contributed by atoms with E-state index in [0.717, 1.165) is 0 Å². The van der Waals surface area contributed by atoms with Gasteiger partial charge in [0.1, 0.15) is 6.04 Å². The van der Waals surface area contributed by atoms with Crippen molar-refractivity contribution in [1.82, 2.24) is 10.2 Å². The van der Waals surface area contributed by atoms with Gasteiger partial charge in [-0.3, -0.25) is 9.69 Å². The molecule has 0 aliphatic carbocycles. The first-order valence-electron chi connectivity index (χ1n) is 5.00. The van der Waals surface area contributed by atoms with Gasteiger partial charge in [0.2, 0.25) is 0 Å². The number of hydrogen-bond donors (Lipinski definition) is 2. The second-order valence-corrected chi connectivity index (χ2v) is 3.78. The molecule has 8 heteroatoms. The van der Waals surface area contributed by atoms with E-state index in [4.69, 9.17) is 10.4 Å².